The Kier molecular flexibility index (Phi) is 5.91. The van der Waals surface area contributed by atoms with Crippen molar-refractivity contribution in [2.45, 2.75) is 0 Å². The van der Waals surface area contributed by atoms with Crippen LogP contribution in [0.2, 0.25) is 0 Å². The summed E-state index contributed by atoms with van der Waals surface area (Å²) in [5.41, 5.74) is 0. The van der Waals surface area contributed by atoms with E-state index < -0.39 is 40.8 Å². The number of hydrogen-bond donors (Lipinski definition) is 0. The molecule has 1 radical (unpaired) electrons. The summed E-state index contributed by atoms with van der Waals surface area (Å²) in [6.45, 7) is 2.77. The van der Waals surface area contributed by atoms with E-state index >= 15 is 0 Å². The topological polar surface area (TPSA) is 26.3 Å². The third-order valence-electron chi connectivity index (χ3n) is 1.51. The van der Waals surface area contributed by atoms with Gasteiger partial charge in [0.15, 0.2) is 5.97 Å². The maximum atomic E-state index is 12.9. The molecule has 1 aromatic carbocycles. The second kappa shape index (κ2) is 6.21. The second-order valence-electron chi connectivity index (χ2n) is 2.47. The summed E-state index contributed by atoms with van der Waals surface area (Å²) in [7, 11) is 0. The van der Waals surface area contributed by atoms with E-state index in [1.165, 1.54) is 6.08 Å². The fourth-order valence-corrected chi connectivity index (χ4v) is 0.803. The average Bonchev–Trinajstić information content (AvgIpc) is 2.29. The Balaban J connectivity index is 0.00000256. The van der Waals surface area contributed by atoms with Gasteiger partial charge in [-0.2, -0.15) is 8.78 Å². The standard InChI is InChI=1S/C9H2F5O2.Y/c1-2-3(15)16-9-7(13)5(11)4(10)6(12)8(9)14;/h1H2;/q-1;. The van der Waals surface area contributed by atoms with E-state index in [0.717, 1.165) is 0 Å². The number of carbonyl (C=O) groups excluding carboxylic acids is 1. The molecule has 0 heterocycles. The minimum absolute atomic E-state index is 0. The first-order chi connectivity index (χ1) is 7.40. The summed E-state index contributed by atoms with van der Waals surface area (Å²) >= 11 is 0. The zero-order valence-electron chi connectivity index (χ0n) is 7.99. The molecule has 89 valence electrons. The first kappa shape index (κ1) is 16.2. The van der Waals surface area contributed by atoms with Gasteiger partial charge in [0.25, 0.3) is 0 Å². The van der Waals surface area contributed by atoms with Crippen molar-refractivity contribution >= 4 is 5.97 Å². The minimum Gasteiger partial charge on any atom is -0.447 e. The fourth-order valence-electron chi connectivity index (χ4n) is 0.803. The van der Waals surface area contributed by atoms with Crippen molar-refractivity contribution in [2.75, 3.05) is 0 Å². The van der Waals surface area contributed by atoms with Crippen molar-refractivity contribution in [1.29, 1.82) is 0 Å². The van der Waals surface area contributed by atoms with Crippen molar-refractivity contribution in [1.82, 2.24) is 0 Å². The molecule has 0 unspecified atom stereocenters. The van der Waals surface area contributed by atoms with Gasteiger partial charge < -0.3 is 10.8 Å². The van der Waals surface area contributed by atoms with Gasteiger partial charge in [-0.15, -0.1) is 0 Å². The largest absolute Gasteiger partial charge is 0.447 e. The minimum atomic E-state index is -2.34. The molecule has 0 aliphatic rings. The van der Waals surface area contributed by atoms with Gasteiger partial charge in [-0.05, 0) is 0 Å². The molecule has 0 fully saturated rings. The van der Waals surface area contributed by atoms with Gasteiger partial charge in [0.1, 0.15) is 0 Å². The Morgan fingerprint density at radius 3 is 1.65 bits per heavy atom. The van der Waals surface area contributed by atoms with E-state index in [4.69, 9.17) is 0 Å². The molecule has 1 rings (SSSR count). The molecule has 0 N–H and O–H groups in total. The summed E-state index contributed by atoms with van der Waals surface area (Å²) in [5.74, 6) is -14.4. The first-order valence-electron chi connectivity index (χ1n) is 3.66. The molecule has 1 aromatic rings. The normalized spacial score (nSPS) is 9.47. The van der Waals surface area contributed by atoms with E-state index in [-0.39, 0.29) is 32.7 Å². The Bertz CT molecular complexity index is 446. The van der Waals surface area contributed by atoms with E-state index in [1.54, 1.807) is 0 Å². The number of hydrogen-bond acceptors (Lipinski definition) is 2. The number of rotatable bonds is 2. The second-order valence-corrected chi connectivity index (χ2v) is 2.47. The van der Waals surface area contributed by atoms with Gasteiger partial charge in [0.05, 0.1) is 0 Å². The van der Waals surface area contributed by atoms with E-state index in [9.17, 15) is 26.7 Å². The average molecular weight is 326 g/mol. The fraction of sp³-hybridized carbons (Fsp3) is 0. The number of esters is 1. The van der Waals surface area contributed by atoms with Crippen molar-refractivity contribution in [3.8, 4) is 5.75 Å². The van der Waals surface area contributed by atoms with E-state index in [1.807, 2.05) is 0 Å². The molecular weight excluding hydrogens is 324 g/mol. The van der Waals surface area contributed by atoms with Crippen LogP contribution in [-0.4, -0.2) is 5.97 Å². The van der Waals surface area contributed by atoms with Gasteiger partial charge in [-0.1, -0.05) is 0 Å². The Labute approximate surface area is 117 Å². The number of halogens is 5. The van der Waals surface area contributed by atoms with E-state index in [0.29, 0.717) is 0 Å². The maximum Gasteiger partial charge on any atom is 0.207 e. The Morgan fingerprint density at radius 2 is 1.29 bits per heavy atom. The molecule has 0 aliphatic heterocycles. The van der Waals surface area contributed by atoms with Crippen LogP contribution < -0.4 is 4.74 Å². The summed E-state index contributed by atoms with van der Waals surface area (Å²) in [6, 6.07) is 0. The first-order valence-corrected chi connectivity index (χ1v) is 3.66. The summed E-state index contributed by atoms with van der Waals surface area (Å²) in [5, 5.41) is 0. The zero-order chi connectivity index (χ0) is 12.5. The van der Waals surface area contributed by atoms with Crippen molar-refractivity contribution in [2.24, 2.45) is 0 Å². The smallest absolute Gasteiger partial charge is 0.207 e. The van der Waals surface area contributed by atoms with Crippen LogP contribution in [0.15, 0.2) is 6.58 Å². The SMILES string of the molecule is C=[C-]C(=O)Oc1c(F)c(F)c(F)c(F)c1F.[Y]. The molecular formula is C9H2F5O2Y-. The van der Waals surface area contributed by atoms with Crippen LogP contribution >= 0.6 is 0 Å². The van der Waals surface area contributed by atoms with Crippen LogP contribution in [0.25, 0.3) is 0 Å². The third-order valence-corrected chi connectivity index (χ3v) is 1.51. The molecule has 0 bridgehead atoms. The monoisotopic (exact) mass is 326 g/mol. The zero-order valence-corrected chi connectivity index (χ0v) is 10.8. The molecule has 2 nitrogen and oxygen atoms in total. The Hall–Kier alpha value is -0.816. The third kappa shape index (κ3) is 3.10. The summed E-state index contributed by atoms with van der Waals surface area (Å²) < 4.78 is 67.2. The molecule has 0 saturated heterocycles. The van der Waals surface area contributed by atoms with Crippen molar-refractivity contribution < 1.29 is 64.2 Å². The van der Waals surface area contributed by atoms with Gasteiger partial charge in [0, 0.05) is 32.7 Å². The van der Waals surface area contributed by atoms with Crippen LogP contribution in [0, 0.1) is 35.2 Å². The van der Waals surface area contributed by atoms with Gasteiger partial charge in [-0.3, -0.25) is 11.4 Å². The van der Waals surface area contributed by atoms with Gasteiger partial charge >= 0.3 is 0 Å². The maximum absolute atomic E-state index is 12.9. The van der Waals surface area contributed by atoms with Gasteiger partial charge in [0.2, 0.25) is 34.8 Å². The Morgan fingerprint density at radius 1 is 0.941 bits per heavy atom. The number of carbonyl (C=O) groups is 1. The molecule has 0 aliphatic carbocycles. The predicted molar refractivity (Wildman–Crippen MR) is 40.7 cm³/mol. The van der Waals surface area contributed by atoms with Gasteiger partial charge in [-0.25, -0.2) is 13.2 Å². The van der Waals surface area contributed by atoms with Crippen LogP contribution in [0.4, 0.5) is 22.0 Å². The number of benzene rings is 1. The molecule has 0 saturated carbocycles. The molecule has 0 amide bonds. The molecule has 8 heteroatoms. The quantitative estimate of drug-likeness (QED) is 0.159. The molecule has 0 spiro atoms. The summed E-state index contributed by atoms with van der Waals surface area (Å²) in [6.07, 6.45) is 1.54. The van der Waals surface area contributed by atoms with Crippen LogP contribution in [0.5, 0.6) is 5.75 Å². The number of ether oxygens (including phenoxy) is 1. The predicted octanol–water partition coefficient (Wildman–Crippen LogP) is 2.27. The molecule has 0 aromatic heterocycles. The van der Waals surface area contributed by atoms with Crippen molar-refractivity contribution in [3.63, 3.8) is 0 Å². The van der Waals surface area contributed by atoms with E-state index in [2.05, 4.69) is 11.3 Å². The van der Waals surface area contributed by atoms with Crippen LogP contribution in [0.3, 0.4) is 0 Å². The summed E-state index contributed by atoms with van der Waals surface area (Å²) in [4.78, 5) is 10.5. The van der Waals surface area contributed by atoms with Crippen LogP contribution in [-0.2, 0) is 37.5 Å². The molecule has 0 atom stereocenters. The van der Waals surface area contributed by atoms with Crippen LogP contribution in [0.1, 0.15) is 0 Å². The van der Waals surface area contributed by atoms with Crippen molar-refractivity contribution in [3.05, 3.63) is 41.7 Å². The molecule has 17 heavy (non-hydrogen) atoms.